The molecule has 0 spiro atoms. The highest BCUT2D eigenvalue weighted by atomic mass is 32.2. The molecule has 0 radical (unpaired) electrons. The maximum atomic E-state index is 11.7. The van der Waals surface area contributed by atoms with E-state index in [1.165, 1.54) is 23.6 Å². The minimum atomic E-state index is -2.99. The largest absolute Gasteiger partial charge is 0.213 e. The molecular weight excluding hydrogens is 210 g/mol. The average Bonchev–Trinajstić information content (AvgIpc) is 2.18. The summed E-state index contributed by atoms with van der Waals surface area (Å²) in [6.45, 7) is 2.22. The second kappa shape index (κ2) is 5.30. The van der Waals surface area contributed by atoms with E-state index >= 15 is 0 Å². The fourth-order valence-corrected chi connectivity index (χ4v) is 3.48. The van der Waals surface area contributed by atoms with Gasteiger partial charge < -0.3 is 0 Å². The standard InChI is InChI=1S/C11H23NO2S/c1-4-10-5-7-11(8-6-10)9-15(13,14)12(2)3/h10-11H,4-9H2,1-3H3/t10-,11-. The Kier molecular flexibility index (Phi) is 4.59. The van der Waals surface area contributed by atoms with Crippen LogP contribution in [0.25, 0.3) is 0 Å². The molecule has 0 aromatic heterocycles. The summed E-state index contributed by atoms with van der Waals surface area (Å²) in [7, 11) is 0.247. The Balaban J connectivity index is 2.42. The lowest BCUT2D eigenvalue weighted by atomic mass is 9.82. The summed E-state index contributed by atoms with van der Waals surface area (Å²) in [6.07, 6.45) is 5.85. The van der Waals surface area contributed by atoms with Crippen molar-refractivity contribution in [3.8, 4) is 0 Å². The molecule has 15 heavy (non-hydrogen) atoms. The van der Waals surface area contributed by atoms with Gasteiger partial charge in [-0.25, -0.2) is 12.7 Å². The van der Waals surface area contributed by atoms with Gasteiger partial charge in [0.05, 0.1) is 5.75 Å². The van der Waals surface area contributed by atoms with Crippen molar-refractivity contribution in [3.05, 3.63) is 0 Å². The van der Waals surface area contributed by atoms with E-state index in [4.69, 9.17) is 0 Å². The molecular formula is C11H23NO2S. The van der Waals surface area contributed by atoms with Crippen LogP contribution in [0.15, 0.2) is 0 Å². The number of nitrogens with zero attached hydrogens (tertiary/aromatic N) is 1. The van der Waals surface area contributed by atoms with E-state index < -0.39 is 10.0 Å². The quantitative estimate of drug-likeness (QED) is 0.745. The molecule has 0 saturated heterocycles. The maximum Gasteiger partial charge on any atom is 0.213 e. The van der Waals surface area contributed by atoms with Crippen molar-refractivity contribution in [1.29, 1.82) is 0 Å². The Morgan fingerprint density at radius 2 is 1.53 bits per heavy atom. The van der Waals surface area contributed by atoms with Gasteiger partial charge in [-0.15, -0.1) is 0 Å². The molecule has 0 aliphatic heterocycles. The molecule has 1 aliphatic rings. The fourth-order valence-electron chi connectivity index (χ4n) is 2.25. The van der Waals surface area contributed by atoms with Gasteiger partial charge in [0.1, 0.15) is 0 Å². The fraction of sp³-hybridized carbons (Fsp3) is 1.00. The molecule has 0 unspecified atom stereocenters. The van der Waals surface area contributed by atoms with Crippen molar-refractivity contribution in [2.45, 2.75) is 39.0 Å². The third-order valence-electron chi connectivity index (χ3n) is 3.55. The van der Waals surface area contributed by atoms with Gasteiger partial charge in [0, 0.05) is 14.1 Å². The molecule has 0 atom stereocenters. The van der Waals surface area contributed by atoms with Crippen LogP contribution in [0.5, 0.6) is 0 Å². The summed E-state index contributed by atoms with van der Waals surface area (Å²) in [5, 5.41) is 0. The van der Waals surface area contributed by atoms with Crippen LogP contribution in [0, 0.1) is 11.8 Å². The van der Waals surface area contributed by atoms with Gasteiger partial charge in [-0.3, -0.25) is 0 Å². The Bertz CT molecular complexity index is 277. The number of rotatable bonds is 4. The van der Waals surface area contributed by atoms with Gasteiger partial charge >= 0.3 is 0 Å². The predicted octanol–water partition coefficient (Wildman–Crippen LogP) is 2.09. The molecule has 3 nitrogen and oxygen atoms in total. The number of hydrogen-bond donors (Lipinski definition) is 0. The van der Waals surface area contributed by atoms with Gasteiger partial charge in [0.25, 0.3) is 0 Å². The van der Waals surface area contributed by atoms with E-state index in [1.54, 1.807) is 14.1 Å². The van der Waals surface area contributed by atoms with Gasteiger partial charge in [0.2, 0.25) is 10.0 Å². The first kappa shape index (κ1) is 13.0. The van der Waals surface area contributed by atoms with Gasteiger partial charge in [0.15, 0.2) is 0 Å². The van der Waals surface area contributed by atoms with Crippen LogP contribution in [0.4, 0.5) is 0 Å². The first-order valence-corrected chi connectivity index (χ1v) is 7.46. The molecule has 0 N–H and O–H groups in total. The lowest BCUT2D eigenvalue weighted by Gasteiger charge is -2.28. The van der Waals surface area contributed by atoms with Crippen LogP contribution in [0.1, 0.15) is 39.0 Å². The lowest BCUT2D eigenvalue weighted by Crippen LogP contribution is -2.30. The highest BCUT2D eigenvalue weighted by Gasteiger charge is 2.25. The Morgan fingerprint density at radius 1 is 1.07 bits per heavy atom. The summed E-state index contributed by atoms with van der Waals surface area (Å²) in [6, 6.07) is 0. The van der Waals surface area contributed by atoms with Crippen molar-refractivity contribution in [2.24, 2.45) is 11.8 Å². The molecule has 0 amide bonds. The van der Waals surface area contributed by atoms with Gasteiger partial charge in [-0.1, -0.05) is 26.2 Å². The van der Waals surface area contributed by atoms with Crippen molar-refractivity contribution >= 4 is 10.0 Å². The second-order valence-electron chi connectivity index (χ2n) is 4.86. The summed E-state index contributed by atoms with van der Waals surface area (Å²) in [5.41, 5.74) is 0. The average molecular weight is 233 g/mol. The lowest BCUT2D eigenvalue weighted by molar-refractivity contribution is 0.283. The van der Waals surface area contributed by atoms with Crippen molar-refractivity contribution in [1.82, 2.24) is 4.31 Å². The zero-order valence-corrected chi connectivity index (χ0v) is 10.9. The third-order valence-corrected chi connectivity index (χ3v) is 5.55. The highest BCUT2D eigenvalue weighted by Crippen LogP contribution is 2.31. The Hall–Kier alpha value is -0.0900. The third kappa shape index (κ3) is 3.76. The first-order chi connectivity index (χ1) is 6.95. The number of sulfonamides is 1. The molecule has 1 saturated carbocycles. The van der Waals surface area contributed by atoms with Crippen molar-refractivity contribution in [2.75, 3.05) is 19.8 Å². The van der Waals surface area contributed by atoms with Crippen molar-refractivity contribution in [3.63, 3.8) is 0 Å². The Labute approximate surface area is 93.9 Å². The molecule has 0 aromatic carbocycles. The first-order valence-electron chi connectivity index (χ1n) is 5.86. The highest BCUT2D eigenvalue weighted by molar-refractivity contribution is 7.89. The molecule has 1 rings (SSSR count). The smallest absolute Gasteiger partial charge is 0.212 e. The van der Waals surface area contributed by atoms with Gasteiger partial charge in [-0.2, -0.15) is 0 Å². The topological polar surface area (TPSA) is 37.4 Å². The monoisotopic (exact) mass is 233 g/mol. The molecule has 1 aliphatic carbocycles. The normalized spacial score (nSPS) is 28.3. The summed E-state index contributed by atoms with van der Waals surface area (Å²) < 4.78 is 24.7. The van der Waals surface area contributed by atoms with E-state index in [0.29, 0.717) is 11.7 Å². The van der Waals surface area contributed by atoms with Gasteiger partial charge in [-0.05, 0) is 24.7 Å². The minimum Gasteiger partial charge on any atom is -0.212 e. The molecule has 0 aromatic rings. The molecule has 0 bridgehead atoms. The Morgan fingerprint density at radius 3 is 1.93 bits per heavy atom. The minimum absolute atomic E-state index is 0.344. The molecule has 90 valence electrons. The summed E-state index contributed by atoms with van der Waals surface area (Å²) in [4.78, 5) is 0. The summed E-state index contributed by atoms with van der Waals surface area (Å²) >= 11 is 0. The zero-order valence-electron chi connectivity index (χ0n) is 10.1. The van der Waals surface area contributed by atoms with Crippen LogP contribution in [-0.4, -0.2) is 32.6 Å². The number of hydrogen-bond acceptors (Lipinski definition) is 2. The van der Waals surface area contributed by atoms with Crippen molar-refractivity contribution < 1.29 is 8.42 Å². The maximum absolute atomic E-state index is 11.7. The van der Waals surface area contributed by atoms with Crippen LogP contribution in [0.2, 0.25) is 0 Å². The predicted molar refractivity (Wildman–Crippen MR) is 63.2 cm³/mol. The SMILES string of the molecule is CC[C@H]1CC[C@H](CS(=O)(=O)N(C)C)CC1. The van der Waals surface area contributed by atoms with E-state index in [-0.39, 0.29) is 0 Å². The zero-order chi connectivity index (χ0) is 11.5. The van der Waals surface area contributed by atoms with Crippen LogP contribution in [-0.2, 0) is 10.0 Å². The van der Waals surface area contributed by atoms with E-state index in [1.807, 2.05) is 0 Å². The molecule has 4 heteroatoms. The van der Waals surface area contributed by atoms with Crippen LogP contribution in [0.3, 0.4) is 0 Å². The molecule has 0 heterocycles. The van der Waals surface area contributed by atoms with E-state index in [9.17, 15) is 8.42 Å². The summed E-state index contributed by atoms with van der Waals surface area (Å²) in [5.74, 6) is 1.57. The second-order valence-corrected chi connectivity index (χ2v) is 7.08. The molecule has 1 fully saturated rings. The van der Waals surface area contributed by atoms with E-state index in [0.717, 1.165) is 18.8 Å². The van der Waals surface area contributed by atoms with Crippen LogP contribution >= 0.6 is 0 Å². The van der Waals surface area contributed by atoms with Crippen LogP contribution < -0.4 is 0 Å². The van der Waals surface area contributed by atoms with E-state index in [2.05, 4.69) is 6.92 Å².